The standard InChI is InChI=1S/C13H15ClN2O/c14-12-4-5-13(11(8-12)9-15-10-17)16-6-2-1-3-7-16/h4-5,8H,1-3,6-7,9H2. The summed E-state index contributed by atoms with van der Waals surface area (Å²) in [5.41, 5.74) is 2.15. The van der Waals surface area contributed by atoms with Gasteiger partial charge in [0, 0.05) is 23.8 Å². The van der Waals surface area contributed by atoms with Crippen molar-refractivity contribution in [2.24, 2.45) is 4.99 Å². The Hall–Kier alpha value is -1.31. The van der Waals surface area contributed by atoms with Crippen molar-refractivity contribution in [3.8, 4) is 0 Å². The van der Waals surface area contributed by atoms with Crippen LogP contribution >= 0.6 is 11.6 Å². The first-order chi connectivity index (χ1) is 8.31. The summed E-state index contributed by atoms with van der Waals surface area (Å²) < 4.78 is 0. The molecule has 0 N–H and O–H groups in total. The Morgan fingerprint density at radius 2 is 2.06 bits per heavy atom. The highest BCUT2D eigenvalue weighted by molar-refractivity contribution is 6.30. The largest absolute Gasteiger partial charge is 0.371 e. The molecule has 1 aromatic rings. The molecule has 1 fully saturated rings. The zero-order valence-electron chi connectivity index (χ0n) is 9.66. The predicted molar refractivity (Wildman–Crippen MR) is 69.3 cm³/mol. The van der Waals surface area contributed by atoms with E-state index in [4.69, 9.17) is 11.6 Å². The fraction of sp³-hybridized carbons (Fsp3) is 0.462. The van der Waals surface area contributed by atoms with Gasteiger partial charge in [0.25, 0.3) is 0 Å². The van der Waals surface area contributed by atoms with E-state index in [1.54, 1.807) is 6.08 Å². The molecule has 1 saturated heterocycles. The van der Waals surface area contributed by atoms with E-state index in [1.165, 1.54) is 19.3 Å². The quantitative estimate of drug-likeness (QED) is 0.610. The fourth-order valence-corrected chi connectivity index (χ4v) is 2.44. The number of benzene rings is 1. The molecule has 1 heterocycles. The Morgan fingerprint density at radius 3 is 2.76 bits per heavy atom. The van der Waals surface area contributed by atoms with Crippen LogP contribution in [-0.4, -0.2) is 19.2 Å². The lowest BCUT2D eigenvalue weighted by atomic mass is 10.1. The Balaban J connectivity index is 2.27. The first-order valence-electron chi connectivity index (χ1n) is 5.88. The summed E-state index contributed by atoms with van der Waals surface area (Å²) in [5, 5.41) is 0.682. The van der Waals surface area contributed by atoms with Crippen LogP contribution in [0.1, 0.15) is 24.8 Å². The number of carbonyl (C=O) groups excluding carboxylic acids is 1. The van der Waals surface area contributed by atoms with E-state index < -0.39 is 0 Å². The number of halogens is 1. The molecule has 0 bridgehead atoms. The molecule has 0 radical (unpaired) electrons. The lowest BCUT2D eigenvalue weighted by Gasteiger charge is -2.30. The molecule has 0 amide bonds. The summed E-state index contributed by atoms with van der Waals surface area (Å²) in [6.45, 7) is 2.49. The van der Waals surface area contributed by atoms with Gasteiger partial charge in [0.1, 0.15) is 0 Å². The zero-order valence-corrected chi connectivity index (χ0v) is 10.4. The second kappa shape index (κ2) is 5.85. The number of isocyanates is 1. The third-order valence-electron chi connectivity index (χ3n) is 3.05. The van der Waals surface area contributed by atoms with Crippen LogP contribution < -0.4 is 4.90 Å². The maximum atomic E-state index is 10.2. The molecule has 1 aliphatic rings. The fourth-order valence-electron chi connectivity index (χ4n) is 2.24. The van der Waals surface area contributed by atoms with Crippen LogP contribution in [0.4, 0.5) is 5.69 Å². The summed E-state index contributed by atoms with van der Waals surface area (Å²) in [6, 6.07) is 5.79. The average molecular weight is 251 g/mol. The molecule has 3 nitrogen and oxygen atoms in total. The molecule has 0 unspecified atom stereocenters. The van der Waals surface area contributed by atoms with Gasteiger partial charge < -0.3 is 4.90 Å². The SMILES string of the molecule is O=C=NCc1cc(Cl)ccc1N1CCCCC1. The Labute approximate surface area is 106 Å². The van der Waals surface area contributed by atoms with Gasteiger partial charge in [0.05, 0.1) is 6.54 Å². The molecule has 17 heavy (non-hydrogen) atoms. The summed E-state index contributed by atoms with van der Waals surface area (Å²) in [7, 11) is 0. The molecule has 2 rings (SSSR count). The van der Waals surface area contributed by atoms with Gasteiger partial charge in [-0.2, -0.15) is 0 Å². The molecule has 1 aliphatic heterocycles. The van der Waals surface area contributed by atoms with Crippen LogP contribution in [0.2, 0.25) is 5.02 Å². The van der Waals surface area contributed by atoms with E-state index in [0.717, 1.165) is 24.3 Å². The molecular weight excluding hydrogens is 236 g/mol. The lowest BCUT2D eigenvalue weighted by molar-refractivity contribution is 0.562. The molecule has 1 aromatic carbocycles. The molecule has 0 saturated carbocycles. The molecule has 0 aromatic heterocycles. The highest BCUT2D eigenvalue weighted by atomic mass is 35.5. The van der Waals surface area contributed by atoms with Crippen LogP contribution in [0.25, 0.3) is 0 Å². The Kier molecular flexibility index (Phi) is 4.18. The number of nitrogens with zero attached hydrogens (tertiary/aromatic N) is 2. The summed E-state index contributed by atoms with van der Waals surface area (Å²) >= 11 is 5.98. The summed E-state index contributed by atoms with van der Waals surface area (Å²) in [5.74, 6) is 0. The minimum absolute atomic E-state index is 0.357. The third kappa shape index (κ3) is 3.09. The van der Waals surface area contributed by atoms with E-state index in [-0.39, 0.29) is 0 Å². The second-order valence-corrected chi connectivity index (χ2v) is 4.66. The van der Waals surface area contributed by atoms with Gasteiger partial charge >= 0.3 is 0 Å². The highest BCUT2D eigenvalue weighted by Gasteiger charge is 2.14. The number of piperidine rings is 1. The van der Waals surface area contributed by atoms with Gasteiger partial charge in [-0.05, 0) is 43.0 Å². The van der Waals surface area contributed by atoms with E-state index in [2.05, 4.69) is 9.89 Å². The van der Waals surface area contributed by atoms with Crippen LogP contribution in [0, 0.1) is 0 Å². The minimum atomic E-state index is 0.357. The Morgan fingerprint density at radius 1 is 1.29 bits per heavy atom. The monoisotopic (exact) mass is 250 g/mol. The maximum Gasteiger partial charge on any atom is 0.235 e. The van der Waals surface area contributed by atoms with E-state index in [1.807, 2.05) is 18.2 Å². The van der Waals surface area contributed by atoms with Gasteiger partial charge in [-0.3, -0.25) is 0 Å². The highest BCUT2D eigenvalue weighted by Crippen LogP contribution is 2.27. The average Bonchev–Trinajstić information content (AvgIpc) is 2.37. The van der Waals surface area contributed by atoms with Crippen LogP contribution in [0.5, 0.6) is 0 Å². The molecule has 4 heteroatoms. The van der Waals surface area contributed by atoms with Gasteiger partial charge in [-0.1, -0.05) is 11.6 Å². The van der Waals surface area contributed by atoms with Crippen LogP contribution in [0.3, 0.4) is 0 Å². The van der Waals surface area contributed by atoms with Gasteiger partial charge in [-0.15, -0.1) is 0 Å². The first-order valence-corrected chi connectivity index (χ1v) is 6.26. The van der Waals surface area contributed by atoms with Crippen molar-refractivity contribution in [1.29, 1.82) is 0 Å². The molecule has 0 aliphatic carbocycles. The Bertz CT molecular complexity index is 435. The summed E-state index contributed by atoms with van der Waals surface area (Å²) in [4.78, 5) is 16.2. The number of hydrogen-bond donors (Lipinski definition) is 0. The number of hydrogen-bond acceptors (Lipinski definition) is 3. The van der Waals surface area contributed by atoms with E-state index in [0.29, 0.717) is 11.6 Å². The molecule has 0 atom stereocenters. The van der Waals surface area contributed by atoms with Crippen molar-refractivity contribution >= 4 is 23.4 Å². The lowest BCUT2D eigenvalue weighted by Crippen LogP contribution is -2.30. The smallest absolute Gasteiger partial charge is 0.235 e. The summed E-state index contributed by atoms with van der Waals surface area (Å²) in [6.07, 6.45) is 5.32. The van der Waals surface area contributed by atoms with Crippen LogP contribution in [-0.2, 0) is 11.3 Å². The van der Waals surface area contributed by atoms with Crippen molar-refractivity contribution in [2.45, 2.75) is 25.8 Å². The van der Waals surface area contributed by atoms with Crippen LogP contribution in [0.15, 0.2) is 23.2 Å². The first kappa shape index (κ1) is 12.2. The predicted octanol–water partition coefficient (Wildman–Crippen LogP) is 3.17. The van der Waals surface area contributed by atoms with Crippen molar-refractivity contribution in [3.63, 3.8) is 0 Å². The number of aliphatic imine (C=N–C) groups is 1. The van der Waals surface area contributed by atoms with Gasteiger partial charge in [-0.25, -0.2) is 9.79 Å². The van der Waals surface area contributed by atoms with Crippen molar-refractivity contribution < 1.29 is 4.79 Å². The van der Waals surface area contributed by atoms with Crippen molar-refractivity contribution in [3.05, 3.63) is 28.8 Å². The van der Waals surface area contributed by atoms with E-state index >= 15 is 0 Å². The third-order valence-corrected chi connectivity index (χ3v) is 3.29. The minimum Gasteiger partial charge on any atom is -0.371 e. The topological polar surface area (TPSA) is 32.7 Å². The van der Waals surface area contributed by atoms with E-state index in [9.17, 15) is 4.79 Å². The molecular formula is C13H15ClN2O. The number of anilines is 1. The second-order valence-electron chi connectivity index (χ2n) is 4.23. The maximum absolute atomic E-state index is 10.2. The molecule has 90 valence electrons. The van der Waals surface area contributed by atoms with Crippen molar-refractivity contribution in [2.75, 3.05) is 18.0 Å². The van der Waals surface area contributed by atoms with Crippen molar-refractivity contribution in [1.82, 2.24) is 0 Å². The molecule has 0 spiro atoms. The normalized spacial score (nSPS) is 15.5. The van der Waals surface area contributed by atoms with Gasteiger partial charge in [0.15, 0.2) is 0 Å². The van der Waals surface area contributed by atoms with Gasteiger partial charge in [0.2, 0.25) is 6.08 Å². The zero-order chi connectivity index (χ0) is 12.1. The number of rotatable bonds is 3.